The van der Waals surface area contributed by atoms with E-state index in [1.165, 1.54) is 6.07 Å². The highest BCUT2D eigenvalue weighted by Gasteiger charge is 2.33. The molecule has 0 saturated carbocycles. The van der Waals surface area contributed by atoms with Crippen molar-refractivity contribution in [1.82, 2.24) is 5.06 Å². The highest BCUT2D eigenvalue weighted by molar-refractivity contribution is 6.03. The fourth-order valence-corrected chi connectivity index (χ4v) is 1.67. The van der Waals surface area contributed by atoms with Crippen LogP contribution in [0.4, 0.5) is 11.4 Å². The van der Waals surface area contributed by atoms with Gasteiger partial charge in [-0.05, 0) is 22.8 Å². The largest absolute Gasteiger partial charge is 0.366 e. The third kappa shape index (κ3) is 2.85. The molecule has 0 unspecified atom stereocenters. The van der Waals surface area contributed by atoms with Gasteiger partial charge in [0.05, 0.1) is 5.56 Å². The average Bonchev–Trinajstić information content (AvgIpc) is 2.79. The van der Waals surface area contributed by atoms with Gasteiger partial charge in [0.2, 0.25) is 0 Å². The summed E-state index contributed by atoms with van der Waals surface area (Å²) in [6.07, 6.45) is -0.104. The molecule has 1 aromatic carbocycles. The van der Waals surface area contributed by atoms with Crippen LogP contribution in [-0.2, 0) is 14.4 Å². The monoisotopic (exact) mass is 289 g/mol. The Morgan fingerprint density at radius 2 is 1.95 bits per heavy atom. The average molecular weight is 289 g/mol. The molecule has 2 rings (SSSR count). The molecule has 21 heavy (non-hydrogen) atoms. The zero-order chi connectivity index (χ0) is 15.4. The van der Waals surface area contributed by atoms with Crippen LogP contribution in [0.1, 0.15) is 23.2 Å². The summed E-state index contributed by atoms with van der Waals surface area (Å²) in [7, 11) is 0. The van der Waals surface area contributed by atoms with Gasteiger partial charge in [0.15, 0.2) is 0 Å². The van der Waals surface area contributed by atoms with E-state index in [2.05, 4.69) is 20.0 Å². The maximum absolute atomic E-state index is 11.9. The lowest BCUT2D eigenvalue weighted by molar-refractivity contribution is -0.172. The third-order valence-electron chi connectivity index (χ3n) is 2.64. The van der Waals surface area contributed by atoms with Crippen LogP contribution in [0.15, 0.2) is 28.5 Å². The SMILES string of the molecule is [N-]=[N+]=Nc1ccc(N=O)c(C(=O)ON2C(=O)CCC2=O)c1. The number of nitrogens with zero attached hydrogens (tertiary/aromatic N) is 5. The number of rotatable bonds is 4. The molecule has 1 aliphatic rings. The Balaban J connectivity index is 2.31. The number of hydrogen-bond acceptors (Lipinski definition) is 7. The summed E-state index contributed by atoms with van der Waals surface area (Å²) >= 11 is 0. The van der Waals surface area contributed by atoms with Crippen molar-refractivity contribution in [2.75, 3.05) is 0 Å². The first-order chi connectivity index (χ1) is 10.1. The smallest absolute Gasteiger partial charge is 0.325 e. The molecule has 2 amide bonds. The zero-order valence-corrected chi connectivity index (χ0v) is 10.4. The topological polar surface area (TPSA) is 142 Å². The molecule has 0 spiro atoms. The Hall–Kier alpha value is -3.26. The van der Waals surface area contributed by atoms with Crippen LogP contribution in [0.25, 0.3) is 10.4 Å². The van der Waals surface area contributed by atoms with Crippen LogP contribution >= 0.6 is 0 Å². The zero-order valence-electron chi connectivity index (χ0n) is 10.4. The van der Waals surface area contributed by atoms with Crippen molar-refractivity contribution in [3.63, 3.8) is 0 Å². The lowest BCUT2D eigenvalue weighted by atomic mass is 10.1. The summed E-state index contributed by atoms with van der Waals surface area (Å²) in [6, 6.07) is 3.50. The molecule has 10 heteroatoms. The number of amides is 2. The van der Waals surface area contributed by atoms with E-state index in [9.17, 15) is 19.3 Å². The van der Waals surface area contributed by atoms with Gasteiger partial charge in [-0.15, -0.1) is 9.97 Å². The van der Waals surface area contributed by atoms with E-state index < -0.39 is 17.8 Å². The molecule has 106 valence electrons. The summed E-state index contributed by atoms with van der Waals surface area (Å²) in [5.74, 6) is -2.43. The molecule has 0 N–H and O–H groups in total. The number of hydrogen-bond donors (Lipinski definition) is 0. The molecule has 1 heterocycles. The Morgan fingerprint density at radius 1 is 1.29 bits per heavy atom. The minimum absolute atomic E-state index is 0.0518. The van der Waals surface area contributed by atoms with Crippen molar-refractivity contribution >= 4 is 29.2 Å². The fraction of sp³-hybridized carbons (Fsp3) is 0.182. The second-order valence-electron chi connectivity index (χ2n) is 3.94. The van der Waals surface area contributed by atoms with Crippen molar-refractivity contribution < 1.29 is 19.2 Å². The molecular weight excluding hydrogens is 282 g/mol. The number of nitroso groups, excluding NO2 is 1. The highest BCUT2D eigenvalue weighted by atomic mass is 16.7. The lowest BCUT2D eigenvalue weighted by Gasteiger charge is -2.13. The lowest BCUT2D eigenvalue weighted by Crippen LogP contribution is -2.32. The third-order valence-corrected chi connectivity index (χ3v) is 2.64. The van der Waals surface area contributed by atoms with Gasteiger partial charge in [-0.25, -0.2) is 4.79 Å². The molecule has 0 atom stereocenters. The quantitative estimate of drug-likeness (QED) is 0.274. The predicted molar refractivity (Wildman–Crippen MR) is 67.2 cm³/mol. The summed E-state index contributed by atoms with van der Waals surface area (Å²) in [5.41, 5.74) is 7.80. The minimum Gasteiger partial charge on any atom is -0.325 e. The maximum Gasteiger partial charge on any atom is 0.366 e. The molecule has 1 saturated heterocycles. The van der Waals surface area contributed by atoms with Gasteiger partial charge in [0.25, 0.3) is 11.8 Å². The van der Waals surface area contributed by atoms with E-state index in [-0.39, 0.29) is 29.8 Å². The van der Waals surface area contributed by atoms with Gasteiger partial charge >= 0.3 is 5.97 Å². The molecule has 10 nitrogen and oxygen atoms in total. The maximum atomic E-state index is 11.9. The van der Waals surface area contributed by atoms with E-state index in [1.54, 1.807) is 0 Å². The number of hydroxylamine groups is 2. The summed E-state index contributed by atoms with van der Waals surface area (Å²) < 4.78 is 0. The van der Waals surface area contributed by atoms with Crippen LogP contribution in [0, 0.1) is 4.91 Å². The Bertz CT molecular complexity index is 678. The number of imide groups is 1. The second kappa shape index (κ2) is 5.80. The normalized spacial score (nSPS) is 13.8. The van der Waals surface area contributed by atoms with E-state index in [4.69, 9.17) is 5.53 Å². The van der Waals surface area contributed by atoms with Crippen molar-refractivity contribution in [2.24, 2.45) is 10.3 Å². The van der Waals surface area contributed by atoms with Crippen molar-refractivity contribution in [2.45, 2.75) is 12.8 Å². The molecular formula is C11H7N5O5. The second-order valence-corrected chi connectivity index (χ2v) is 3.94. The number of benzene rings is 1. The summed E-state index contributed by atoms with van der Waals surface area (Å²) in [4.78, 5) is 52.5. The van der Waals surface area contributed by atoms with Crippen molar-refractivity contribution in [1.29, 1.82) is 0 Å². The molecule has 0 bridgehead atoms. The van der Waals surface area contributed by atoms with Crippen LogP contribution < -0.4 is 0 Å². The first-order valence-corrected chi connectivity index (χ1v) is 5.67. The molecule has 1 aliphatic heterocycles. The van der Waals surface area contributed by atoms with Gasteiger partial charge in [-0.2, -0.15) is 0 Å². The fourth-order valence-electron chi connectivity index (χ4n) is 1.67. The van der Waals surface area contributed by atoms with Crippen molar-refractivity contribution in [3.8, 4) is 0 Å². The number of carbonyl (C=O) groups excluding carboxylic acids is 3. The van der Waals surface area contributed by atoms with E-state index >= 15 is 0 Å². The number of azide groups is 1. The molecule has 1 aromatic rings. The molecule has 0 aromatic heterocycles. The van der Waals surface area contributed by atoms with Gasteiger partial charge < -0.3 is 4.84 Å². The van der Waals surface area contributed by atoms with E-state index in [0.717, 1.165) is 12.1 Å². The van der Waals surface area contributed by atoms with Gasteiger partial charge in [0.1, 0.15) is 5.69 Å². The Kier molecular flexibility index (Phi) is 3.91. The van der Waals surface area contributed by atoms with Gasteiger partial charge in [-0.3, -0.25) is 9.59 Å². The van der Waals surface area contributed by atoms with Gasteiger partial charge in [0, 0.05) is 23.4 Å². The number of carbonyl (C=O) groups is 3. The standard InChI is InChI=1S/C11H7N5O5/c12-15-13-6-1-2-8(14-20)7(5-6)11(19)21-16-9(17)3-4-10(16)18/h1-2,5H,3-4H2. The first kappa shape index (κ1) is 14.2. The molecule has 0 aliphatic carbocycles. The van der Waals surface area contributed by atoms with Crippen LogP contribution in [0.5, 0.6) is 0 Å². The summed E-state index contributed by atoms with van der Waals surface area (Å²) in [5, 5.41) is 6.24. The Morgan fingerprint density at radius 3 is 2.52 bits per heavy atom. The first-order valence-electron chi connectivity index (χ1n) is 5.67. The molecule has 0 radical (unpaired) electrons. The van der Waals surface area contributed by atoms with Crippen LogP contribution in [0.3, 0.4) is 0 Å². The Labute approximate surface area is 116 Å². The van der Waals surface area contributed by atoms with Crippen molar-refractivity contribution in [3.05, 3.63) is 39.1 Å². The molecule has 1 fully saturated rings. The van der Waals surface area contributed by atoms with E-state index in [0.29, 0.717) is 5.06 Å². The van der Waals surface area contributed by atoms with Gasteiger partial charge in [-0.1, -0.05) is 11.2 Å². The predicted octanol–water partition coefficient (Wildman–Crippen LogP) is 2.25. The highest BCUT2D eigenvalue weighted by Crippen LogP contribution is 2.26. The van der Waals surface area contributed by atoms with Crippen LogP contribution in [-0.4, -0.2) is 22.8 Å². The minimum atomic E-state index is -1.12. The van der Waals surface area contributed by atoms with Crippen LogP contribution in [0.2, 0.25) is 0 Å². The summed E-state index contributed by atoms with van der Waals surface area (Å²) in [6.45, 7) is 0. The van der Waals surface area contributed by atoms with E-state index in [1.807, 2.05) is 0 Å².